The van der Waals surface area contributed by atoms with Crippen LogP contribution in [0.4, 0.5) is 0 Å². The molecule has 1 fully saturated rings. The van der Waals surface area contributed by atoms with Crippen LogP contribution in [0.1, 0.15) is 29.6 Å². The first-order valence-corrected chi connectivity index (χ1v) is 8.10. The minimum Gasteiger partial charge on any atom is -0.346 e. The van der Waals surface area contributed by atoms with E-state index in [2.05, 4.69) is 53.1 Å². The number of benzene rings is 1. The molecule has 0 radical (unpaired) electrons. The molecule has 0 aromatic heterocycles. The van der Waals surface area contributed by atoms with Crippen molar-refractivity contribution in [2.24, 2.45) is 0 Å². The number of rotatable bonds is 3. The van der Waals surface area contributed by atoms with Crippen molar-refractivity contribution in [1.29, 1.82) is 0 Å². The third kappa shape index (κ3) is 3.12. The molecule has 17 heavy (non-hydrogen) atoms. The van der Waals surface area contributed by atoms with Crippen LogP contribution in [0.15, 0.2) is 27.1 Å². The van der Waals surface area contributed by atoms with Crippen LogP contribution < -0.4 is 5.32 Å². The second-order valence-corrected chi connectivity index (χ2v) is 6.77. The van der Waals surface area contributed by atoms with Crippen molar-refractivity contribution in [2.75, 3.05) is 5.33 Å². The van der Waals surface area contributed by atoms with Gasteiger partial charge in [0.25, 0.3) is 5.91 Å². The summed E-state index contributed by atoms with van der Waals surface area (Å²) in [5.41, 5.74) is 0.643. The lowest BCUT2D eigenvalue weighted by Gasteiger charge is -2.41. The lowest BCUT2D eigenvalue weighted by molar-refractivity contribution is 0.0856. The molecule has 1 saturated carbocycles. The summed E-state index contributed by atoms with van der Waals surface area (Å²) < 4.78 is 1.80. The standard InChI is InChI=1S/C12H12Br3NO/c13-7-12(2-1-3-12)16-11(17)8-4-9(14)6-10(15)5-8/h4-6H,1-3,7H2,(H,16,17). The van der Waals surface area contributed by atoms with Gasteiger partial charge < -0.3 is 5.32 Å². The van der Waals surface area contributed by atoms with Gasteiger partial charge in [-0.1, -0.05) is 47.8 Å². The predicted molar refractivity (Wildman–Crippen MR) is 79.7 cm³/mol. The molecule has 1 N–H and O–H groups in total. The second kappa shape index (κ2) is 5.41. The van der Waals surface area contributed by atoms with E-state index in [4.69, 9.17) is 0 Å². The molecule has 1 aromatic rings. The van der Waals surface area contributed by atoms with Gasteiger partial charge in [-0.25, -0.2) is 0 Å². The van der Waals surface area contributed by atoms with E-state index >= 15 is 0 Å². The number of halogens is 3. The summed E-state index contributed by atoms with van der Waals surface area (Å²) in [6.07, 6.45) is 3.30. The van der Waals surface area contributed by atoms with Crippen molar-refractivity contribution in [1.82, 2.24) is 5.32 Å². The molecule has 2 nitrogen and oxygen atoms in total. The average Bonchev–Trinajstić information content (AvgIpc) is 2.21. The van der Waals surface area contributed by atoms with E-state index in [-0.39, 0.29) is 11.4 Å². The minimum absolute atomic E-state index is 0.00819. The van der Waals surface area contributed by atoms with Crippen LogP contribution in [0.3, 0.4) is 0 Å². The SMILES string of the molecule is O=C(NC1(CBr)CCC1)c1cc(Br)cc(Br)c1. The Hall–Kier alpha value is 0.130. The highest BCUT2D eigenvalue weighted by Crippen LogP contribution is 2.33. The molecular formula is C12H12Br3NO. The first kappa shape index (κ1) is 13.6. The summed E-state index contributed by atoms with van der Waals surface area (Å²) in [7, 11) is 0. The van der Waals surface area contributed by atoms with Crippen molar-refractivity contribution in [3.63, 3.8) is 0 Å². The Morgan fingerprint density at radius 1 is 1.24 bits per heavy atom. The Morgan fingerprint density at radius 3 is 2.24 bits per heavy atom. The molecule has 1 amide bonds. The van der Waals surface area contributed by atoms with Crippen molar-refractivity contribution >= 4 is 53.7 Å². The number of hydrogen-bond donors (Lipinski definition) is 1. The molecule has 0 spiro atoms. The Morgan fingerprint density at radius 2 is 1.82 bits per heavy atom. The van der Waals surface area contributed by atoms with Gasteiger partial charge >= 0.3 is 0 Å². The molecule has 92 valence electrons. The Bertz CT molecular complexity index is 418. The summed E-state index contributed by atoms with van der Waals surface area (Å²) >= 11 is 10.3. The van der Waals surface area contributed by atoms with Crippen molar-refractivity contribution < 1.29 is 4.79 Å². The lowest BCUT2D eigenvalue weighted by Crippen LogP contribution is -2.54. The van der Waals surface area contributed by atoms with Gasteiger partial charge in [0.15, 0.2) is 0 Å². The number of carbonyl (C=O) groups excluding carboxylic acids is 1. The lowest BCUT2D eigenvalue weighted by atomic mass is 9.78. The van der Waals surface area contributed by atoms with Crippen molar-refractivity contribution in [2.45, 2.75) is 24.8 Å². The predicted octanol–water partition coefficient (Wildman–Crippen LogP) is 4.26. The average molecular weight is 426 g/mol. The maximum atomic E-state index is 12.1. The monoisotopic (exact) mass is 423 g/mol. The van der Waals surface area contributed by atoms with Gasteiger partial charge in [0.2, 0.25) is 0 Å². The van der Waals surface area contributed by atoms with Crippen LogP contribution in [0.25, 0.3) is 0 Å². The van der Waals surface area contributed by atoms with Crippen molar-refractivity contribution in [3.05, 3.63) is 32.7 Å². The number of carbonyl (C=O) groups is 1. The number of nitrogens with one attached hydrogen (secondary N) is 1. The van der Waals surface area contributed by atoms with Crippen LogP contribution in [0.5, 0.6) is 0 Å². The third-order valence-electron chi connectivity index (χ3n) is 3.07. The van der Waals surface area contributed by atoms with Gasteiger partial charge in [0.05, 0.1) is 5.54 Å². The summed E-state index contributed by atoms with van der Waals surface area (Å²) in [6, 6.07) is 5.59. The summed E-state index contributed by atoms with van der Waals surface area (Å²) in [6.45, 7) is 0. The number of alkyl halides is 1. The van der Waals surface area contributed by atoms with E-state index in [9.17, 15) is 4.79 Å². The molecule has 1 aliphatic rings. The molecular weight excluding hydrogens is 414 g/mol. The highest BCUT2D eigenvalue weighted by Gasteiger charge is 2.37. The zero-order valence-electron chi connectivity index (χ0n) is 9.10. The topological polar surface area (TPSA) is 29.1 Å². The fraction of sp³-hybridized carbons (Fsp3) is 0.417. The van der Waals surface area contributed by atoms with E-state index in [1.807, 2.05) is 18.2 Å². The first-order valence-electron chi connectivity index (χ1n) is 5.39. The minimum atomic E-state index is -0.0358. The number of hydrogen-bond acceptors (Lipinski definition) is 1. The van der Waals surface area contributed by atoms with Gasteiger partial charge in [-0.15, -0.1) is 0 Å². The largest absolute Gasteiger partial charge is 0.346 e. The molecule has 0 bridgehead atoms. The number of amides is 1. The summed E-state index contributed by atoms with van der Waals surface area (Å²) in [5, 5.41) is 3.94. The molecule has 1 aromatic carbocycles. The molecule has 0 saturated heterocycles. The van der Waals surface area contributed by atoms with Crippen molar-refractivity contribution in [3.8, 4) is 0 Å². The van der Waals surface area contributed by atoms with Crippen LogP contribution in [-0.4, -0.2) is 16.8 Å². The van der Waals surface area contributed by atoms with E-state index in [0.717, 1.165) is 27.1 Å². The molecule has 0 heterocycles. The Balaban J connectivity index is 2.14. The highest BCUT2D eigenvalue weighted by molar-refractivity contribution is 9.11. The zero-order chi connectivity index (χ0) is 12.5. The van der Waals surface area contributed by atoms with Gasteiger partial charge in [-0.2, -0.15) is 0 Å². The maximum Gasteiger partial charge on any atom is 0.251 e. The Kier molecular flexibility index (Phi) is 4.31. The molecule has 2 rings (SSSR count). The zero-order valence-corrected chi connectivity index (χ0v) is 13.9. The molecule has 5 heteroatoms. The smallest absolute Gasteiger partial charge is 0.251 e. The second-order valence-electron chi connectivity index (χ2n) is 4.38. The maximum absolute atomic E-state index is 12.1. The molecule has 0 aliphatic heterocycles. The molecule has 0 unspecified atom stereocenters. The van der Waals surface area contributed by atoms with E-state index in [0.29, 0.717) is 5.56 Å². The fourth-order valence-corrected chi connectivity index (χ4v) is 3.89. The quantitative estimate of drug-likeness (QED) is 0.720. The third-order valence-corrected chi connectivity index (χ3v) is 5.06. The van der Waals surface area contributed by atoms with E-state index in [1.54, 1.807) is 0 Å². The van der Waals surface area contributed by atoms with Crippen LogP contribution in [0, 0.1) is 0 Å². The summed E-state index contributed by atoms with van der Waals surface area (Å²) in [5.74, 6) is -0.00819. The molecule has 0 atom stereocenters. The highest BCUT2D eigenvalue weighted by atomic mass is 79.9. The van der Waals surface area contributed by atoms with Crippen LogP contribution >= 0.6 is 47.8 Å². The van der Waals surface area contributed by atoms with Gasteiger partial charge in [0.1, 0.15) is 0 Å². The molecule has 1 aliphatic carbocycles. The van der Waals surface area contributed by atoms with E-state index in [1.165, 1.54) is 6.42 Å². The normalized spacial score (nSPS) is 17.4. The van der Waals surface area contributed by atoms with Gasteiger partial charge in [-0.3, -0.25) is 4.79 Å². The van der Waals surface area contributed by atoms with Crippen LogP contribution in [-0.2, 0) is 0 Å². The fourth-order valence-electron chi connectivity index (χ4n) is 1.89. The summed E-state index contributed by atoms with van der Waals surface area (Å²) in [4.78, 5) is 12.1. The Labute approximate surface area is 126 Å². The first-order chi connectivity index (χ1) is 8.04. The van der Waals surface area contributed by atoms with Crippen LogP contribution in [0.2, 0.25) is 0 Å². The van der Waals surface area contributed by atoms with Gasteiger partial charge in [-0.05, 0) is 37.5 Å². The van der Waals surface area contributed by atoms with Gasteiger partial charge in [0, 0.05) is 19.8 Å². The van der Waals surface area contributed by atoms with E-state index < -0.39 is 0 Å².